The maximum Gasteiger partial charge on any atom is 0.261 e. The summed E-state index contributed by atoms with van der Waals surface area (Å²) in [4.78, 5) is 16.2. The summed E-state index contributed by atoms with van der Waals surface area (Å²) in [5.74, 6) is 0.609. The van der Waals surface area contributed by atoms with E-state index in [0.29, 0.717) is 11.2 Å². The zero-order chi connectivity index (χ0) is 11.0. The van der Waals surface area contributed by atoms with E-state index in [0.717, 1.165) is 11.1 Å². The Hall–Kier alpha value is -1.68. The van der Waals surface area contributed by atoms with Crippen LogP contribution in [-0.2, 0) is 13.6 Å². The highest BCUT2D eigenvalue weighted by atomic mass is 16.1. The lowest BCUT2D eigenvalue weighted by molar-refractivity contribution is 0.741. The summed E-state index contributed by atoms with van der Waals surface area (Å²) < 4.78 is 1.50. The molecule has 4 nitrogen and oxygen atoms in total. The molecule has 1 aromatic carbocycles. The largest absolute Gasteiger partial charge is 0.324 e. The molecular weight excluding hydrogens is 190 g/mol. The molecule has 0 unspecified atom stereocenters. The number of fused-ring (bicyclic) bond motifs is 1. The van der Waals surface area contributed by atoms with Gasteiger partial charge >= 0.3 is 0 Å². The number of nitrogens with zero attached hydrogens (tertiary/aromatic N) is 2. The molecule has 0 aliphatic heterocycles. The number of nitrogens with two attached hydrogens (primary N) is 1. The summed E-state index contributed by atoms with van der Waals surface area (Å²) in [6.07, 6.45) is 0. The standard InChI is InChI=1S/C11H13N3O/c1-7-3-4-8-9(5-7)13-10(6-12)14(2)11(8)15/h3-5H,6,12H2,1-2H3. The molecule has 0 spiro atoms. The van der Waals surface area contributed by atoms with Gasteiger partial charge in [0, 0.05) is 7.05 Å². The van der Waals surface area contributed by atoms with Gasteiger partial charge in [0.2, 0.25) is 0 Å². The van der Waals surface area contributed by atoms with Crippen molar-refractivity contribution in [3.8, 4) is 0 Å². The van der Waals surface area contributed by atoms with Crippen LogP contribution in [0.3, 0.4) is 0 Å². The lowest BCUT2D eigenvalue weighted by Gasteiger charge is -2.07. The van der Waals surface area contributed by atoms with Crippen LogP contribution >= 0.6 is 0 Å². The minimum absolute atomic E-state index is 0.0412. The Labute approximate surface area is 87.4 Å². The fourth-order valence-corrected chi connectivity index (χ4v) is 1.61. The van der Waals surface area contributed by atoms with Crippen LogP contribution in [0.5, 0.6) is 0 Å². The van der Waals surface area contributed by atoms with E-state index in [9.17, 15) is 4.79 Å². The van der Waals surface area contributed by atoms with Crippen LogP contribution in [-0.4, -0.2) is 9.55 Å². The Balaban J connectivity index is 2.91. The van der Waals surface area contributed by atoms with Gasteiger partial charge in [0.05, 0.1) is 17.4 Å². The van der Waals surface area contributed by atoms with E-state index in [1.807, 2.05) is 19.1 Å². The number of aromatic nitrogens is 2. The van der Waals surface area contributed by atoms with Gasteiger partial charge in [0.1, 0.15) is 5.82 Å². The molecule has 78 valence electrons. The van der Waals surface area contributed by atoms with Gasteiger partial charge in [0.15, 0.2) is 0 Å². The molecule has 0 aliphatic carbocycles. The molecule has 2 N–H and O–H groups in total. The van der Waals surface area contributed by atoms with E-state index >= 15 is 0 Å². The molecule has 0 radical (unpaired) electrons. The summed E-state index contributed by atoms with van der Waals surface area (Å²) in [6, 6.07) is 5.61. The second-order valence-corrected chi connectivity index (χ2v) is 3.62. The van der Waals surface area contributed by atoms with Crippen molar-refractivity contribution in [2.24, 2.45) is 12.8 Å². The highest BCUT2D eigenvalue weighted by Crippen LogP contribution is 2.10. The van der Waals surface area contributed by atoms with Crippen LogP contribution in [0.15, 0.2) is 23.0 Å². The predicted octanol–water partition coefficient (Wildman–Crippen LogP) is 0.701. The second kappa shape index (κ2) is 3.47. The first-order valence-electron chi connectivity index (χ1n) is 4.80. The zero-order valence-corrected chi connectivity index (χ0v) is 8.82. The van der Waals surface area contributed by atoms with Crippen molar-refractivity contribution >= 4 is 10.9 Å². The van der Waals surface area contributed by atoms with E-state index < -0.39 is 0 Å². The zero-order valence-electron chi connectivity index (χ0n) is 8.82. The molecule has 1 heterocycles. The number of benzene rings is 1. The maximum absolute atomic E-state index is 11.9. The number of rotatable bonds is 1. The third-order valence-corrected chi connectivity index (χ3v) is 2.51. The molecule has 0 fully saturated rings. The smallest absolute Gasteiger partial charge is 0.261 e. The number of aryl methyl sites for hydroxylation is 1. The molecule has 0 atom stereocenters. The molecule has 4 heteroatoms. The lowest BCUT2D eigenvalue weighted by atomic mass is 10.2. The van der Waals surface area contributed by atoms with E-state index in [1.54, 1.807) is 13.1 Å². The lowest BCUT2D eigenvalue weighted by Crippen LogP contribution is -2.24. The summed E-state index contributed by atoms with van der Waals surface area (Å²) in [6.45, 7) is 2.25. The van der Waals surface area contributed by atoms with Crippen molar-refractivity contribution in [3.05, 3.63) is 39.9 Å². The predicted molar refractivity (Wildman–Crippen MR) is 59.6 cm³/mol. The molecule has 2 aromatic rings. The Morgan fingerprint density at radius 1 is 1.47 bits per heavy atom. The van der Waals surface area contributed by atoms with Crippen molar-refractivity contribution < 1.29 is 0 Å². The van der Waals surface area contributed by atoms with Gasteiger partial charge in [-0.3, -0.25) is 9.36 Å². The van der Waals surface area contributed by atoms with Crippen LogP contribution in [0.2, 0.25) is 0 Å². The summed E-state index contributed by atoms with van der Waals surface area (Å²) >= 11 is 0. The monoisotopic (exact) mass is 203 g/mol. The molecule has 0 amide bonds. The van der Waals surface area contributed by atoms with Gasteiger partial charge in [0.25, 0.3) is 5.56 Å². The van der Waals surface area contributed by atoms with E-state index in [2.05, 4.69) is 4.98 Å². The molecular formula is C11H13N3O. The minimum Gasteiger partial charge on any atom is -0.324 e. The number of hydrogen-bond acceptors (Lipinski definition) is 3. The fraction of sp³-hybridized carbons (Fsp3) is 0.273. The number of hydrogen-bond donors (Lipinski definition) is 1. The normalized spacial score (nSPS) is 10.9. The molecule has 1 aromatic heterocycles. The SMILES string of the molecule is Cc1ccc2c(=O)n(C)c(CN)nc2c1. The van der Waals surface area contributed by atoms with Crippen molar-refractivity contribution in [2.75, 3.05) is 0 Å². The quantitative estimate of drug-likeness (QED) is 0.742. The molecule has 2 rings (SSSR count). The third-order valence-electron chi connectivity index (χ3n) is 2.51. The highest BCUT2D eigenvalue weighted by Gasteiger charge is 2.06. The second-order valence-electron chi connectivity index (χ2n) is 3.62. The van der Waals surface area contributed by atoms with Gasteiger partial charge in [-0.1, -0.05) is 6.07 Å². The third kappa shape index (κ3) is 1.53. The van der Waals surface area contributed by atoms with Crippen LogP contribution < -0.4 is 11.3 Å². The van der Waals surface area contributed by atoms with Gasteiger partial charge in [-0.15, -0.1) is 0 Å². The fourth-order valence-electron chi connectivity index (χ4n) is 1.61. The highest BCUT2D eigenvalue weighted by molar-refractivity contribution is 5.78. The summed E-state index contributed by atoms with van der Waals surface area (Å²) in [5.41, 5.74) is 7.30. The maximum atomic E-state index is 11.9. The van der Waals surface area contributed by atoms with Gasteiger partial charge in [-0.05, 0) is 24.6 Å². The van der Waals surface area contributed by atoms with Gasteiger partial charge in [-0.25, -0.2) is 4.98 Å². The Morgan fingerprint density at radius 3 is 2.87 bits per heavy atom. The molecule has 0 saturated carbocycles. The van der Waals surface area contributed by atoms with Crippen LogP contribution in [0.1, 0.15) is 11.4 Å². The Morgan fingerprint density at radius 2 is 2.20 bits per heavy atom. The molecule has 15 heavy (non-hydrogen) atoms. The van der Waals surface area contributed by atoms with Crippen molar-refractivity contribution in [1.29, 1.82) is 0 Å². The Kier molecular flexibility index (Phi) is 2.28. The van der Waals surface area contributed by atoms with Crippen LogP contribution in [0, 0.1) is 6.92 Å². The van der Waals surface area contributed by atoms with E-state index in [-0.39, 0.29) is 12.1 Å². The first-order valence-corrected chi connectivity index (χ1v) is 4.80. The van der Waals surface area contributed by atoms with Crippen molar-refractivity contribution in [2.45, 2.75) is 13.5 Å². The van der Waals surface area contributed by atoms with Crippen molar-refractivity contribution in [1.82, 2.24) is 9.55 Å². The first kappa shape index (κ1) is 9.86. The average molecular weight is 203 g/mol. The van der Waals surface area contributed by atoms with Crippen molar-refractivity contribution in [3.63, 3.8) is 0 Å². The molecule has 0 bridgehead atoms. The van der Waals surface area contributed by atoms with Gasteiger partial charge in [-0.2, -0.15) is 0 Å². The molecule has 0 saturated heterocycles. The van der Waals surface area contributed by atoms with Gasteiger partial charge < -0.3 is 5.73 Å². The van der Waals surface area contributed by atoms with E-state index in [1.165, 1.54) is 4.57 Å². The molecule has 0 aliphatic rings. The summed E-state index contributed by atoms with van der Waals surface area (Å²) in [5, 5.41) is 0.639. The minimum atomic E-state index is -0.0412. The van der Waals surface area contributed by atoms with Crippen LogP contribution in [0.4, 0.5) is 0 Å². The Bertz CT molecular complexity index is 572. The van der Waals surface area contributed by atoms with Crippen LogP contribution in [0.25, 0.3) is 10.9 Å². The average Bonchev–Trinajstić information content (AvgIpc) is 2.23. The van der Waals surface area contributed by atoms with E-state index in [4.69, 9.17) is 5.73 Å². The first-order chi connectivity index (χ1) is 7.13. The topological polar surface area (TPSA) is 60.9 Å². The summed E-state index contributed by atoms with van der Waals surface area (Å²) in [7, 11) is 1.69.